The van der Waals surface area contributed by atoms with Crippen molar-refractivity contribution < 1.29 is 13.2 Å². The number of anilines is 1. The fraction of sp³-hybridized carbons (Fsp3) is 0.455. The lowest BCUT2D eigenvalue weighted by Gasteiger charge is -2.19. The quantitative estimate of drug-likeness (QED) is 0.691. The molecule has 0 amide bonds. The average molecular weight is 247 g/mol. The fourth-order valence-electron chi connectivity index (χ4n) is 1.75. The number of fused-ring (bicyclic) bond motifs is 1. The van der Waals surface area contributed by atoms with E-state index in [1.54, 1.807) is 17.8 Å². The van der Waals surface area contributed by atoms with Crippen LogP contribution in [0.1, 0.15) is 11.1 Å². The van der Waals surface area contributed by atoms with Crippen molar-refractivity contribution in [2.24, 2.45) is 0 Å². The smallest absolute Gasteiger partial charge is 0.374 e. The Bertz CT molecular complexity index is 389. The number of thioether (sulfide) groups is 1. The Balaban J connectivity index is 2.41. The first kappa shape index (κ1) is 11.6. The largest absolute Gasteiger partial charge is 0.416 e. The number of halogens is 3. The molecular formula is C11H12F3NS. The van der Waals surface area contributed by atoms with Gasteiger partial charge in [0.2, 0.25) is 0 Å². The van der Waals surface area contributed by atoms with Gasteiger partial charge < -0.3 is 4.90 Å². The lowest BCUT2D eigenvalue weighted by molar-refractivity contribution is -0.137. The maximum atomic E-state index is 12.5. The van der Waals surface area contributed by atoms with E-state index in [0.717, 1.165) is 29.6 Å². The van der Waals surface area contributed by atoms with Gasteiger partial charge in [-0.3, -0.25) is 0 Å². The molecule has 1 aliphatic rings. The molecule has 0 spiro atoms. The summed E-state index contributed by atoms with van der Waals surface area (Å²) < 4.78 is 37.6. The van der Waals surface area contributed by atoms with Gasteiger partial charge in [0.1, 0.15) is 0 Å². The third-order valence-electron chi connectivity index (χ3n) is 2.65. The number of hydrogen-bond donors (Lipinski definition) is 0. The van der Waals surface area contributed by atoms with Crippen molar-refractivity contribution in [2.75, 3.05) is 24.2 Å². The summed E-state index contributed by atoms with van der Waals surface area (Å²) in [6.07, 6.45) is -4.25. The Morgan fingerprint density at radius 3 is 2.75 bits per heavy atom. The molecule has 1 heterocycles. The molecule has 0 bridgehead atoms. The molecule has 0 saturated heterocycles. The van der Waals surface area contributed by atoms with Gasteiger partial charge in [-0.25, -0.2) is 0 Å². The first-order chi connectivity index (χ1) is 7.48. The van der Waals surface area contributed by atoms with Crippen molar-refractivity contribution in [1.29, 1.82) is 0 Å². The van der Waals surface area contributed by atoms with Gasteiger partial charge in [-0.2, -0.15) is 24.9 Å². The molecule has 0 aromatic heterocycles. The summed E-state index contributed by atoms with van der Waals surface area (Å²) in [5, 5.41) is 0. The number of hydrogen-bond acceptors (Lipinski definition) is 2. The SMILES string of the molecule is CN1CCSCc2cc(C(F)(F)F)ccc21. The van der Waals surface area contributed by atoms with E-state index < -0.39 is 11.7 Å². The van der Waals surface area contributed by atoms with E-state index >= 15 is 0 Å². The summed E-state index contributed by atoms with van der Waals surface area (Å²) in [4.78, 5) is 2.01. The second kappa shape index (κ2) is 4.20. The van der Waals surface area contributed by atoms with Crippen molar-refractivity contribution in [3.63, 3.8) is 0 Å². The highest BCUT2D eigenvalue weighted by Crippen LogP contribution is 2.35. The zero-order chi connectivity index (χ0) is 11.8. The van der Waals surface area contributed by atoms with Crippen LogP contribution in [-0.2, 0) is 11.9 Å². The Morgan fingerprint density at radius 1 is 1.31 bits per heavy atom. The molecule has 0 radical (unpaired) electrons. The molecule has 16 heavy (non-hydrogen) atoms. The summed E-state index contributed by atoms with van der Waals surface area (Å²) in [6.45, 7) is 0.878. The third-order valence-corrected chi connectivity index (χ3v) is 3.63. The first-order valence-corrected chi connectivity index (χ1v) is 6.13. The molecule has 5 heteroatoms. The van der Waals surface area contributed by atoms with Crippen molar-refractivity contribution in [3.05, 3.63) is 29.3 Å². The number of rotatable bonds is 0. The predicted octanol–water partition coefficient (Wildman–Crippen LogP) is 3.39. The van der Waals surface area contributed by atoms with E-state index in [1.165, 1.54) is 6.07 Å². The summed E-state index contributed by atoms with van der Waals surface area (Å²) in [5.41, 5.74) is 1.14. The van der Waals surface area contributed by atoms with E-state index in [-0.39, 0.29) is 0 Å². The van der Waals surface area contributed by atoms with Crippen LogP contribution in [0.4, 0.5) is 18.9 Å². The van der Waals surface area contributed by atoms with Gasteiger partial charge in [-0.15, -0.1) is 0 Å². The standard InChI is InChI=1S/C11H12F3NS/c1-15-4-5-16-7-8-6-9(11(12,13)14)2-3-10(8)15/h2-3,6H,4-5,7H2,1H3. The van der Waals surface area contributed by atoms with Crippen LogP contribution in [-0.4, -0.2) is 19.3 Å². The second-order valence-corrected chi connectivity index (χ2v) is 4.92. The minimum atomic E-state index is -4.25. The van der Waals surface area contributed by atoms with Crippen LogP contribution in [0.15, 0.2) is 18.2 Å². The van der Waals surface area contributed by atoms with Crippen LogP contribution >= 0.6 is 11.8 Å². The molecule has 0 atom stereocenters. The zero-order valence-corrected chi connectivity index (χ0v) is 9.66. The van der Waals surface area contributed by atoms with Gasteiger partial charge in [-0.1, -0.05) is 0 Å². The van der Waals surface area contributed by atoms with Crippen molar-refractivity contribution in [1.82, 2.24) is 0 Å². The van der Waals surface area contributed by atoms with Gasteiger partial charge in [0, 0.05) is 30.8 Å². The van der Waals surface area contributed by atoms with Crippen LogP contribution < -0.4 is 4.90 Å². The van der Waals surface area contributed by atoms with Gasteiger partial charge >= 0.3 is 6.18 Å². The molecule has 1 nitrogen and oxygen atoms in total. The van der Waals surface area contributed by atoms with Crippen LogP contribution in [0.25, 0.3) is 0 Å². The Kier molecular flexibility index (Phi) is 3.06. The highest BCUT2D eigenvalue weighted by molar-refractivity contribution is 7.98. The van der Waals surface area contributed by atoms with Crippen molar-refractivity contribution >= 4 is 17.4 Å². The third kappa shape index (κ3) is 2.29. The van der Waals surface area contributed by atoms with E-state index in [1.807, 2.05) is 11.9 Å². The van der Waals surface area contributed by atoms with Crippen molar-refractivity contribution in [3.8, 4) is 0 Å². The van der Waals surface area contributed by atoms with Gasteiger partial charge in [0.05, 0.1) is 5.56 Å². The maximum absolute atomic E-state index is 12.5. The summed E-state index contributed by atoms with van der Waals surface area (Å²) in [7, 11) is 1.91. The lowest BCUT2D eigenvalue weighted by atomic mass is 10.1. The van der Waals surface area contributed by atoms with Gasteiger partial charge in [-0.05, 0) is 23.8 Å². The maximum Gasteiger partial charge on any atom is 0.416 e. The second-order valence-electron chi connectivity index (χ2n) is 3.82. The van der Waals surface area contributed by atoms with E-state index in [4.69, 9.17) is 0 Å². The summed E-state index contributed by atoms with van der Waals surface area (Å²) in [5.74, 6) is 1.61. The Hall–Kier alpha value is -0.840. The van der Waals surface area contributed by atoms with E-state index in [2.05, 4.69) is 0 Å². The molecule has 0 fully saturated rings. The molecule has 88 valence electrons. The zero-order valence-electron chi connectivity index (χ0n) is 8.84. The Morgan fingerprint density at radius 2 is 2.06 bits per heavy atom. The van der Waals surface area contributed by atoms with Crippen molar-refractivity contribution in [2.45, 2.75) is 11.9 Å². The first-order valence-electron chi connectivity index (χ1n) is 4.97. The number of nitrogens with zero attached hydrogens (tertiary/aromatic N) is 1. The minimum Gasteiger partial charge on any atom is -0.374 e. The Labute approximate surface area is 96.6 Å². The van der Waals surface area contributed by atoms with Crippen LogP contribution in [0, 0.1) is 0 Å². The normalized spacial score (nSPS) is 16.9. The van der Waals surface area contributed by atoms with Crippen LogP contribution in [0.2, 0.25) is 0 Å². The fourth-order valence-corrected chi connectivity index (χ4v) is 2.75. The average Bonchev–Trinajstić information content (AvgIpc) is 2.39. The highest BCUT2D eigenvalue weighted by atomic mass is 32.2. The highest BCUT2D eigenvalue weighted by Gasteiger charge is 2.31. The predicted molar refractivity (Wildman–Crippen MR) is 60.9 cm³/mol. The minimum absolute atomic E-state index is 0.554. The monoisotopic (exact) mass is 247 g/mol. The topological polar surface area (TPSA) is 3.24 Å². The molecule has 1 aromatic rings. The molecule has 0 saturated carbocycles. The van der Waals surface area contributed by atoms with Gasteiger partial charge in [0.25, 0.3) is 0 Å². The van der Waals surface area contributed by atoms with Gasteiger partial charge in [0.15, 0.2) is 0 Å². The van der Waals surface area contributed by atoms with E-state index in [0.29, 0.717) is 5.75 Å². The van der Waals surface area contributed by atoms with Crippen LogP contribution in [0.3, 0.4) is 0 Å². The molecule has 1 aromatic carbocycles. The number of alkyl halides is 3. The lowest BCUT2D eigenvalue weighted by Crippen LogP contribution is -2.19. The molecule has 0 aliphatic carbocycles. The molecule has 0 unspecified atom stereocenters. The summed E-state index contributed by atoms with van der Waals surface area (Å²) in [6, 6.07) is 4.00. The summed E-state index contributed by atoms with van der Waals surface area (Å²) >= 11 is 1.67. The van der Waals surface area contributed by atoms with Crippen LogP contribution in [0.5, 0.6) is 0 Å². The molecule has 2 rings (SSSR count). The number of benzene rings is 1. The van der Waals surface area contributed by atoms with E-state index in [9.17, 15) is 13.2 Å². The molecule has 1 aliphatic heterocycles. The molecular weight excluding hydrogens is 235 g/mol. The molecule has 0 N–H and O–H groups in total.